The van der Waals surface area contributed by atoms with Crippen molar-refractivity contribution in [1.82, 2.24) is 14.2 Å². The van der Waals surface area contributed by atoms with Gasteiger partial charge in [-0.3, -0.25) is 14.6 Å². The van der Waals surface area contributed by atoms with Gasteiger partial charge in [-0.25, -0.2) is 13.4 Å². The molecule has 0 aliphatic carbocycles. The number of carbonyl (C=O) groups is 1. The molecule has 0 radical (unpaired) electrons. The highest BCUT2D eigenvalue weighted by Gasteiger charge is 2.27. The number of thiazole rings is 1. The van der Waals surface area contributed by atoms with E-state index in [1.807, 2.05) is 19.1 Å². The molecule has 0 bridgehead atoms. The van der Waals surface area contributed by atoms with Crippen LogP contribution in [0.2, 0.25) is 5.02 Å². The van der Waals surface area contributed by atoms with Gasteiger partial charge in [-0.05, 0) is 68.1 Å². The molecule has 0 unspecified atom stereocenters. The van der Waals surface area contributed by atoms with Gasteiger partial charge in [0, 0.05) is 49.9 Å². The number of rotatable bonds is 8. The van der Waals surface area contributed by atoms with Crippen molar-refractivity contribution >= 4 is 54.2 Å². The minimum absolute atomic E-state index is 0.196. The lowest BCUT2D eigenvalue weighted by molar-refractivity contribution is 0.0376. The van der Waals surface area contributed by atoms with Crippen LogP contribution in [0.15, 0.2) is 41.3 Å². The minimum Gasteiger partial charge on any atom is -0.379 e. The molecule has 3 heterocycles. The van der Waals surface area contributed by atoms with E-state index < -0.39 is 10.0 Å². The Morgan fingerprint density at radius 2 is 1.72 bits per heavy atom. The number of hydrogen-bond acceptors (Lipinski definition) is 7. The smallest absolute Gasteiger partial charge is 0.260 e. The fourth-order valence-corrected chi connectivity index (χ4v) is 7.84. The molecular formula is C28H35ClN4O4S2. The maximum Gasteiger partial charge on any atom is 0.260 e. The minimum atomic E-state index is -3.58. The highest BCUT2D eigenvalue weighted by Crippen LogP contribution is 2.34. The number of fused-ring (bicyclic) bond motifs is 1. The normalized spacial score (nSPS) is 17.8. The summed E-state index contributed by atoms with van der Waals surface area (Å²) in [5.74, 6) is -0.196. The summed E-state index contributed by atoms with van der Waals surface area (Å²) >= 11 is 7.80. The summed E-state index contributed by atoms with van der Waals surface area (Å²) in [5, 5.41) is 1.26. The number of amides is 1. The Morgan fingerprint density at radius 3 is 2.41 bits per heavy atom. The molecule has 2 aliphatic rings. The first-order valence-electron chi connectivity index (χ1n) is 13.6. The molecule has 8 nitrogen and oxygen atoms in total. The second-order valence-electron chi connectivity index (χ2n) is 10.1. The summed E-state index contributed by atoms with van der Waals surface area (Å²) in [6.45, 7) is 7.61. The molecular weight excluding hydrogens is 556 g/mol. The first kappa shape index (κ1) is 28.4. The molecule has 2 aromatic carbocycles. The molecule has 5 rings (SSSR count). The molecule has 0 spiro atoms. The number of benzene rings is 2. The van der Waals surface area contributed by atoms with Crippen LogP contribution in [-0.2, 0) is 14.8 Å². The second kappa shape index (κ2) is 12.6. The van der Waals surface area contributed by atoms with Crippen LogP contribution in [0.4, 0.5) is 5.13 Å². The van der Waals surface area contributed by atoms with Crippen LogP contribution in [-0.4, -0.2) is 81.0 Å². The SMILES string of the molecule is Cc1c(Cl)ccc2sc(N(CCCN3CCOCC3)C(=O)c3ccc(S(=O)(=O)N4CCCCCC4)cc3)nc12. The molecule has 2 aliphatic heterocycles. The van der Waals surface area contributed by atoms with E-state index >= 15 is 0 Å². The van der Waals surface area contributed by atoms with E-state index in [0.717, 1.165) is 80.7 Å². The van der Waals surface area contributed by atoms with E-state index in [2.05, 4.69) is 4.90 Å². The Balaban J connectivity index is 1.38. The number of sulfonamides is 1. The first-order chi connectivity index (χ1) is 18.8. The molecule has 0 saturated carbocycles. The number of aryl methyl sites for hydroxylation is 1. The van der Waals surface area contributed by atoms with Crippen molar-refractivity contribution in [3.05, 3.63) is 52.5 Å². The number of aromatic nitrogens is 1. The predicted octanol–water partition coefficient (Wildman–Crippen LogP) is 5.19. The maximum absolute atomic E-state index is 13.8. The Bertz CT molecular complexity index is 1400. The van der Waals surface area contributed by atoms with Crippen LogP contribution in [0, 0.1) is 6.92 Å². The van der Waals surface area contributed by atoms with E-state index in [1.54, 1.807) is 33.5 Å². The fourth-order valence-electron chi connectivity index (χ4n) is 5.12. The zero-order valence-electron chi connectivity index (χ0n) is 22.3. The standard InChI is InChI=1S/C28H35ClN4O4S2/c1-21-24(29)11-12-25-26(21)30-28(38-25)33(16-6-13-31-17-19-37-20-18-31)27(34)22-7-9-23(10-8-22)39(35,36)32-14-4-2-3-5-15-32/h7-12H,2-6,13-20H2,1H3. The number of nitrogens with zero attached hydrogens (tertiary/aromatic N) is 4. The molecule has 1 amide bonds. The quantitative estimate of drug-likeness (QED) is 0.359. The largest absolute Gasteiger partial charge is 0.379 e. The number of halogens is 1. The van der Waals surface area contributed by atoms with Crippen LogP contribution in [0.3, 0.4) is 0 Å². The molecule has 2 fully saturated rings. The van der Waals surface area contributed by atoms with Crippen LogP contribution >= 0.6 is 22.9 Å². The average Bonchev–Trinajstić information content (AvgIpc) is 3.18. The zero-order chi connectivity index (χ0) is 27.4. The number of anilines is 1. The van der Waals surface area contributed by atoms with Crippen molar-refractivity contribution in [2.45, 2.75) is 43.9 Å². The summed E-state index contributed by atoms with van der Waals surface area (Å²) in [7, 11) is -3.58. The predicted molar refractivity (Wildman–Crippen MR) is 157 cm³/mol. The summed E-state index contributed by atoms with van der Waals surface area (Å²) in [6.07, 6.45) is 4.64. The van der Waals surface area contributed by atoms with Gasteiger partial charge in [0.1, 0.15) is 0 Å². The summed E-state index contributed by atoms with van der Waals surface area (Å²) in [5.41, 5.74) is 2.12. The Morgan fingerprint density at radius 1 is 1.03 bits per heavy atom. The summed E-state index contributed by atoms with van der Waals surface area (Å²) in [6, 6.07) is 10.2. The van der Waals surface area contributed by atoms with E-state index in [4.69, 9.17) is 21.3 Å². The van der Waals surface area contributed by atoms with Crippen LogP contribution in [0.5, 0.6) is 0 Å². The number of hydrogen-bond donors (Lipinski definition) is 0. The van der Waals surface area contributed by atoms with Gasteiger partial charge in [0.25, 0.3) is 5.91 Å². The van der Waals surface area contributed by atoms with Crippen molar-refractivity contribution in [3.8, 4) is 0 Å². The van der Waals surface area contributed by atoms with Gasteiger partial charge in [-0.15, -0.1) is 0 Å². The molecule has 3 aromatic rings. The monoisotopic (exact) mass is 590 g/mol. The maximum atomic E-state index is 13.8. The van der Waals surface area contributed by atoms with Crippen molar-refractivity contribution in [2.24, 2.45) is 0 Å². The van der Waals surface area contributed by atoms with Gasteiger partial charge in [-0.1, -0.05) is 35.8 Å². The first-order valence-corrected chi connectivity index (χ1v) is 16.3. The highest BCUT2D eigenvalue weighted by atomic mass is 35.5. The van der Waals surface area contributed by atoms with Crippen molar-refractivity contribution < 1.29 is 17.9 Å². The molecule has 0 N–H and O–H groups in total. The lowest BCUT2D eigenvalue weighted by Crippen LogP contribution is -2.39. The summed E-state index contributed by atoms with van der Waals surface area (Å²) < 4.78 is 34.4. The zero-order valence-corrected chi connectivity index (χ0v) is 24.7. The van der Waals surface area contributed by atoms with Gasteiger partial charge < -0.3 is 4.74 Å². The average molecular weight is 591 g/mol. The fraction of sp³-hybridized carbons (Fsp3) is 0.500. The second-order valence-corrected chi connectivity index (χ2v) is 13.5. The van der Waals surface area contributed by atoms with E-state index in [1.165, 1.54) is 11.3 Å². The van der Waals surface area contributed by atoms with E-state index in [0.29, 0.717) is 35.4 Å². The van der Waals surface area contributed by atoms with E-state index in [-0.39, 0.29) is 10.8 Å². The number of carbonyl (C=O) groups excluding carboxylic acids is 1. The Hall–Kier alpha value is -2.08. The molecule has 210 valence electrons. The van der Waals surface area contributed by atoms with Gasteiger partial charge in [0.05, 0.1) is 28.3 Å². The molecule has 1 aromatic heterocycles. The van der Waals surface area contributed by atoms with Gasteiger partial charge in [0.2, 0.25) is 10.0 Å². The Labute approximate surface area is 239 Å². The third-order valence-corrected chi connectivity index (χ3v) is 10.8. The molecule has 39 heavy (non-hydrogen) atoms. The highest BCUT2D eigenvalue weighted by molar-refractivity contribution is 7.89. The third kappa shape index (κ3) is 6.47. The molecule has 0 atom stereocenters. The lowest BCUT2D eigenvalue weighted by atomic mass is 10.2. The van der Waals surface area contributed by atoms with Crippen molar-refractivity contribution in [2.75, 3.05) is 57.4 Å². The lowest BCUT2D eigenvalue weighted by Gasteiger charge is -2.27. The van der Waals surface area contributed by atoms with Gasteiger partial charge >= 0.3 is 0 Å². The van der Waals surface area contributed by atoms with Crippen LogP contribution in [0.25, 0.3) is 10.2 Å². The van der Waals surface area contributed by atoms with E-state index in [9.17, 15) is 13.2 Å². The number of morpholine rings is 1. The Kier molecular flexibility index (Phi) is 9.20. The topological polar surface area (TPSA) is 83.0 Å². The van der Waals surface area contributed by atoms with Crippen molar-refractivity contribution in [3.63, 3.8) is 0 Å². The van der Waals surface area contributed by atoms with Crippen LogP contribution < -0.4 is 4.90 Å². The number of ether oxygens (including phenoxy) is 1. The third-order valence-electron chi connectivity index (χ3n) is 7.48. The van der Waals surface area contributed by atoms with Gasteiger partial charge in [0.15, 0.2) is 5.13 Å². The van der Waals surface area contributed by atoms with Gasteiger partial charge in [-0.2, -0.15) is 4.31 Å². The molecule has 11 heteroatoms. The van der Waals surface area contributed by atoms with Crippen LogP contribution in [0.1, 0.15) is 48.0 Å². The van der Waals surface area contributed by atoms with Crippen molar-refractivity contribution in [1.29, 1.82) is 0 Å². The summed E-state index contributed by atoms with van der Waals surface area (Å²) in [4.78, 5) is 22.9. The molecule has 2 saturated heterocycles.